The van der Waals surface area contributed by atoms with Crippen molar-refractivity contribution >= 4 is 23.5 Å². The molecule has 3 amide bonds. The van der Waals surface area contributed by atoms with E-state index in [1.165, 1.54) is 25.9 Å². The van der Waals surface area contributed by atoms with Crippen LogP contribution in [0.25, 0.3) is 0 Å². The number of benzene rings is 1. The predicted molar refractivity (Wildman–Crippen MR) is 94.3 cm³/mol. The average Bonchev–Trinajstić information content (AvgIpc) is 3.08. The monoisotopic (exact) mass is 349 g/mol. The van der Waals surface area contributed by atoms with E-state index in [-0.39, 0.29) is 11.9 Å². The SMILES string of the molecule is O=C(NC(=O)N1CCC[C@@H](CN2CCCC2)C1)c1ccc(Cl)cc1. The van der Waals surface area contributed by atoms with E-state index in [0.29, 0.717) is 16.5 Å². The van der Waals surface area contributed by atoms with Crippen molar-refractivity contribution in [2.75, 3.05) is 32.7 Å². The molecule has 0 saturated carbocycles. The summed E-state index contributed by atoms with van der Waals surface area (Å²) in [6.45, 7) is 4.87. The second kappa shape index (κ2) is 7.99. The van der Waals surface area contributed by atoms with Crippen molar-refractivity contribution in [3.05, 3.63) is 34.9 Å². The maximum absolute atomic E-state index is 12.4. The molecular formula is C18H24ClN3O2. The van der Waals surface area contributed by atoms with Crippen LogP contribution in [0.3, 0.4) is 0 Å². The lowest BCUT2D eigenvalue weighted by Gasteiger charge is -2.34. The third-order valence-corrected chi connectivity index (χ3v) is 5.10. The summed E-state index contributed by atoms with van der Waals surface area (Å²) in [6.07, 6.45) is 4.73. The van der Waals surface area contributed by atoms with Crippen molar-refractivity contribution in [1.82, 2.24) is 15.1 Å². The Hall–Kier alpha value is -1.59. The van der Waals surface area contributed by atoms with Gasteiger partial charge in [0.25, 0.3) is 5.91 Å². The first-order valence-corrected chi connectivity index (χ1v) is 9.08. The van der Waals surface area contributed by atoms with Crippen LogP contribution in [-0.2, 0) is 0 Å². The van der Waals surface area contributed by atoms with Crippen LogP contribution >= 0.6 is 11.6 Å². The molecule has 2 heterocycles. The summed E-state index contributed by atoms with van der Waals surface area (Å²) in [7, 11) is 0. The third-order valence-electron chi connectivity index (χ3n) is 4.85. The molecule has 2 aliphatic heterocycles. The van der Waals surface area contributed by atoms with Crippen LogP contribution in [0.2, 0.25) is 5.02 Å². The quantitative estimate of drug-likeness (QED) is 0.912. The van der Waals surface area contributed by atoms with Crippen LogP contribution in [0.15, 0.2) is 24.3 Å². The van der Waals surface area contributed by atoms with Crippen LogP contribution in [0.1, 0.15) is 36.0 Å². The number of carbonyl (C=O) groups excluding carboxylic acids is 2. The molecule has 1 atom stereocenters. The summed E-state index contributed by atoms with van der Waals surface area (Å²) >= 11 is 5.82. The van der Waals surface area contributed by atoms with Gasteiger partial charge in [0.2, 0.25) is 0 Å². The van der Waals surface area contributed by atoms with Gasteiger partial charge < -0.3 is 9.80 Å². The van der Waals surface area contributed by atoms with Crippen LogP contribution in [0, 0.1) is 5.92 Å². The Labute approximate surface area is 147 Å². The highest BCUT2D eigenvalue weighted by Crippen LogP contribution is 2.20. The van der Waals surface area contributed by atoms with Gasteiger partial charge in [0.15, 0.2) is 0 Å². The fourth-order valence-electron chi connectivity index (χ4n) is 3.58. The van der Waals surface area contributed by atoms with E-state index in [2.05, 4.69) is 10.2 Å². The number of hydrogen-bond donors (Lipinski definition) is 1. The first-order valence-electron chi connectivity index (χ1n) is 8.70. The van der Waals surface area contributed by atoms with E-state index in [4.69, 9.17) is 11.6 Å². The molecule has 0 bridgehead atoms. The molecule has 2 fully saturated rings. The van der Waals surface area contributed by atoms with Crippen molar-refractivity contribution in [2.45, 2.75) is 25.7 Å². The van der Waals surface area contributed by atoms with Gasteiger partial charge in [-0.25, -0.2) is 4.79 Å². The Morgan fingerprint density at radius 3 is 2.50 bits per heavy atom. The Morgan fingerprint density at radius 1 is 1.08 bits per heavy atom. The fraction of sp³-hybridized carbons (Fsp3) is 0.556. The second-order valence-electron chi connectivity index (χ2n) is 6.73. The number of likely N-dealkylation sites (tertiary alicyclic amines) is 2. The van der Waals surface area contributed by atoms with Gasteiger partial charge in [-0.15, -0.1) is 0 Å². The molecule has 1 N–H and O–H groups in total. The standard InChI is InChI=1S/C18H24ClN3O2/c19-16-7-5-15(6-8-16)17(23)20-18(24)22-11-3-4-14(13-22)12-21-9-1-2-10-21/h5-8,14H,1-4,9-13H2,(H,20,23,24)/t14-/m0/s1. The summed E-state index contributed by atoms with van der Waals surface area (Å²) < 4.78 is 0. The van der Waals surface area contributed by atoms with Gasteiger partial charge in [-0.2, -0.15) is 0 Å². The Bertz CT molecular complexity index is 584. The maximum atomic E-state index is 12.4. The Kier molecular flexibility index (Phi) is 5.74. The zero-order valence-electron chi connectivity index (χ0n) is 13.8. The maximum Gasteiger partial charge on any atom is 0.324 e. The molecular weight excluding hydrogens is 326 g/mol. The number of carbonyl (C=O) groups is 2. The van der Waals surface area contributed by atoms with E-state index in [1.807, 2.05) is 0 Å². The largest absolute Gasteiger partial charge is 0.324 e. The Morgan fingerprint density at radius 2 is 1.79 bits per heavy atom. The van der Waals surface area contributed by atoms with Crippen molar-refractivity contribution in [3.8, 4) is 0 Å². The minimum Gasteiger partial charge on any atom is -0.324 e. The van der Waals surface area contributed by atoms with Gasteiger partial charge in [-0.1, -0.05) is 11.6 Å². The molecule has 24 heavy (non-hydrogen) atoms. The molecule has 5 nitrogen and oxygen atoms in total. The topological polar surface area (TPSA) is 52.7 Å². The summed E-state index contributed by atoms with van der Waals surface area (Å²) in [5, 5.41) is 3.06. The molecule has 2 saturated heterocycles. The van der Waals surface area contributed by atoms with E-state index in [0.717, 1.165) is 32.5 Å². The molecule has 1 aromatic carbocycles. The van der Waals surface area contributed by atoms with Crippen molar-refractivity contribution in [3.63, 3.8) is 0 Å². The predicted octanol–water partition coefficient (Wildman–Crippen LogP) is 3.00. The van der Waals surface area contributed by atoms with Gasteiger partial charge in [-0.3, -0.25) is 10.1 Å². The fourth-order valence-corrected chi connectivity index (χ4v) is 3.70. The number of halogens is 1. The lowest BCUT2D eigenvalue weighted by Crippen LogP contribution is -2.49. The third kappa shape index (κ3) is 4.48. The molecule has 0 spiro atoms. The van der Waals surface area contributed by atoms with Crippen LogP contribution in [-0.4, -0.2) is 54.5 Å². The number of imide groups is 1. The van der Waals surface area contributed by atoms with E-state index in [1.54, 1.807) is 29.2 Å². The first kappa shape index (κ1) is 17.2. The van der Waals surface area contributed by atoms with E-state index < -0.39 is 0 Å². The summed E-state index contributed by atoms with van der Waals surface area (Å²) in [5.41, 5.74) is 0.443. The molecule has 3 rings (SSSR count). The minimum atomic E-state index is -0.377. The smallest absolute Gasteiger partial charge is 0.324 e. The van der Waals surface area contributed by atoms with E-state index >= 15 is 0 Å². The molecule has 130 valence electrons. The highest BCUT2D eigenvalue weighted by atomic mass is 35.5. The molecule has 2 aliphatic rings. The van der Waals surface area contributed by atoms with Gasteiger partial charge >= 0.3 is 6.03 Å². The highest BCUT2D eigenvalue weighted by Gasteiger charge is 2.27. The minimum absolute atomic E-state index is 0.291. The zero-order valence-corrected chi connectivity index (χ0v) is 14.6. The molecule has 0 radical (unpaired) electrons. The van der Waals surface area contributed by atoms with E-state index in [9.17, 15) is 9.59 Å². The summed E-state index contributed by atoms with van der Waals surface area (Å²) in [4.78, 5) is 28.8. The Balaban J connectivity index is 1.52. The lowest BCUT2D eigenvalue weighted by molar-refractivity contribution is 0.0937. The average molecular weight is 350 g/mol. The van der Waals surface area contributed by atoms with Crippen LogP contribution in [0.4, 0.5) is 4.79 Å². The molecule has 6 heteroatoms. The number of urea groups is 1. The summed E-state index contributed by atoms with van der Waals surface area (Å²) in [6, 6.07) is 6.25. The van der Waals surface area contributed by atoms with Gasteiger partial charge in [0.1, 0.15) is 0 Å². The highest BCUT2D eigenvalue weighted by molar-refractivity contribution is 6.30. The van der Waals surface area contributed by atoms with Crippen molar-refractivity contribution < 1.29 is 9.59 Å². The number of rotatable bonds is 3. The number of amides is 3. The molecule has 0 aromatic heterocycles. The number of nitrogens with zero attached hydrogens (tertiary/aromatic N) is 2. The number of nitrogens with one attached hydrogen (secondary N) is 1. The first-order chi connectivity index (χ1) is 11.6. The normalized spacial score (nSPS) is 21.7. The van der Waals surface area contributed by atoms with Crippen LogP contribution < -0.4 is 5.32 Å². The molecule has 0 aliphatic carbocycles. The number of hydrogen-bond acceptors (Lipinski definition) is 3. The molecule has 1 aromatic rings. The lowest BCUT2D eigenvalue weighted by atomic mass is 9.98. The summed E-state index contributed by atoms with van der Waals surface area (Å²) in [5.74, 6) is 0.131. The van der Waals surface area contributed by atoms with Gasteiger partial charge in [0, 0.05) is 30.2 Å². The zero-order chi connectivity index (χ0) is 16.9. The second-order valence-corrected chi connectivity index (χ2v) is 7.16. The molecule has 0 unspecified atom stereocenters. The van der Waals surface area contributed by atoms with Gasteiger partial charge in [0.05, 0.1) is 0 Å². The number of piperidine rings is 1. The van der Waals surface area contributed by atoms with Crippen LogP contribution in [0.5, 0.6) is 0 Å². The van der Waals surface area contributed by atoms with Crippen molar-refractivity contribution in [1.29, 1.82) is 0 Å². The van der Waals surface area contributed by atoms with Crippen molar-refractivity contribution in [2.24, 2.45) is 5.92 Å². The van der Waals surface area contributed by atoms with Gasteiger partial charge in [-0.05, 0) is 69.0 Å².